The number of aryl methyl sites for hydroxylation is 1. The minimum Gasteiger partial charge on any atom is -0.347 e. The molecule has 0 saturated carbocycles. The van der Waals surface area contributed by atoms with E-state index in [4.69, 9.17) is 11.6 Å². The van der Waals surface area contributed by atoms with Gasteiger partial charge in [-0.25, -0.2) is 4.98 Å². The van der Waals surface area contributed by atoms with E-state index >= 15 is 0 Å². The van der Waals surface area contributed by atoms with E-state index in [9.17, 15) is 0 Å². The lowest BCUT2D eigenvalue weighted by Gasteiger charge is -2.07. The molecule has 0 aliphatic carbocycles. The van der Waals surface area contributed by atoms with Gasteiger partial charge in [-0.05, 0) is 18.5 Å². The lowest BCUT2D eigenvalue weighted by Crippen LogP contribution is -2.11. The highest BCUT2D eigenvalue weighted by molar-refractivity contribution is 6.28. The van der Waals surface area contributed by atoms with Crippen LogP contribution in [0.1, 0.15) is 12.7 Å². The van der Waals surface area contributed by atoms with E-state index in [-0.39, 0.29) is 5.28 Å². The van der Waals surface area contributed by atoms with Gasteiger partial charge in [-0.2, -0.15) is 15.0 Å². The SMILES string of the molecule is CCn1cnnc1CNc1nc(Cl)nc(-n2ccnc2)n1. The van der Waals surface area contributed by atoms with Crippen molar-refractivity contribution >= 4 is 17.5 Å². The van der Waals surface area contributed by atoms with E-state index in [2.05, 4.69) is 35.5 Å². The fourth-order valence-electron chi connectivity index (χ4n) is 1.75. The van der Waals surface area contributed by atoms with Crippen LogP contribution in [-0.2, 0) is 13.1 Å². The Morgan fingerprint density at radius 1 is 1.24 bits per heavy atom. The number of anilines is 1. The van der Waals surface area contributed by atoms with Crippen molar-refractivity contribution in [1.82, 2.24) is 39.3 Å². The van der Waals surface area contributed by atoms with Crippen LogP contribution in [0.2, 0.25) is 5.28 Å². The van der Waals surface area contributed by atoms with Gasteiger partial charge in [0.15, 0.2) is 5.82 Å². The summed E-state index contributed by atoms with van der Waals surface area (Å²) in [5.41, 5.74) is 0. The summed E-state index contributed by atoms with van der Waals surface area (Å²) in [7, 11) is 0. The van der Waals surface area contributed by atoms with Crippen molar-refractivity contribution in [3.63, 3.8) is 0 Å². The second kappa shape index (κ2) is 5.83. The molecule has 21 heavy (non-hydrogen) atoms. The summed E-state index contributed by atoms with van der Waals surface area (Å²) in [6.45, 7) is 3.25. The molecule has 0 aromatic carbocycles. The molecule has 3 aromatic heterocycles. The molecule has 1 N–H and O–H groups in total. The van der Waals surface area contributed by atoms with E-state index in [1.807, 2.05) is 11.5 Å². The van der Waals surface area contributed by atoms with Crippen LogP contribution in [0, 0.1) is 0 Å². The maximum Gasteiger partial charge on any atom is 0.241 e. The average Bonchev–Trinajstić information content (AvgIpc) is 3.15. The predicted octanol–water partition coefficient (Wildman–Crippen LogP) is 0.934. The third kappa shape index (κ3) is 2.97. The summed E-state index contributed by atoms with van der Waals surface area (Å²) in [6, 6.07) is 0. The zero-order valence-corrected chi connectivity index (χ0v) is 11.9. The standard InChI is InChI=1S/C11H12ClN9/c1-2-20-7-15-19-8(20)5-14-10-16-9(12)17-11(18-10)21-4-3-13-6-21/h3-4,6-7H,2,5H2,1H3,(H,14,16,17,18). The summed E-state index contributed by atoms with van der Waals surface area (Å²) in [6.07, 6.45) is 6.62. The predicted molar refractivity (Wildman–Crippen MR) is 75.0 cm³/mol. The number of hydrogen-bond donors (Lipinski definition) is 1. The third-order valence-corrected chi connectivity index (χ3v) is 2.94. The molecule has 0 atom stereocenters. The van der Waals surface area contributed by atoms with Gasteiger partial charge in [0.25, 0.3) is 0 Å². The first-order valence-corrected chi connectivity index (χ1v) is 6.64. The highest BCUT2D eigenvalue weighted by Gasteiger charge is 2.08. The molecule has 0 aliphatic heterocycles. The number of nitrogens with one attached hydrogen (secondary N) is 1. The topological polar surface area (TPSA) is 99.2 Å². The molecule has 3 aromatic rings. The van der Waals surface area contributed by atoms with Crippen LogP contribution in [0.4, 0.5) is 5.95 Å². The van der Waals surface area contributed by atoms with Crippen LogP contribution in [-0.4, -0.2) is 39.3 Å². The summed E-state index contributed by atoms with van der Waals surface area (Å²) in [5.74, 6) is 1.55. The molecule has 0 radical (unpaired) electrons. The van der Waals surface area contributed by atoms with Crippen LogP contribution in [0.25, 0.3) is 5.95 Å². The molecule has 108 valence electrons. The second-order valence-corrected chi connectivity index (χ2v) is 4.42. The van der Waals surface area contributed by atoms with Crippen molar-refractivity contribution in [2.45, 2.75) is 20.0 Å². The zero-order chi connectivity index (χ0) is 14.7. The summed E-state index contributed by atoms with van der Waals surface area (Å²) in [5, 5.41) is 11.1. The van der Waals surface area contributed by atoms with Gasteiger partial charge in [-0.15, -0.1) is 10.2 Å². The van der Waals surface area contributed by atoms with Crippen LogP contribution in [0.5, 0.6) is 0 Å². The molecule has 9 nitrogen and oxygen atoms in total. The highest BCUT2D eigenvalue weighted by Crippen LogP contribution is 2.10. The van der Waals surface area contributed by atoms with Gasteiger partial charge >= 0.3 is 0 Å². The summed E-state index contributed by atoms with van der Waals surface area (Å²) < 4.78 is 3.57. The van der Waals surface area contributed by atoms with E-state index < -0.39 is 0 Å². The molecule has 0 fully saturated rings. The molecular weight excluding hydrogens is 294 g/mol. The van der Waals surface area contributed by atoms with Crippen molar-refractivity contribution in [2.75, 3.05) is 5.32 Å². The molecule has 0 bridgehead atoms. The number of aromatic nitrogens is 8. The van der Waals surface area contributed by atoms with Crippen molar-refractivity contribution in [1.29, 1.82) is 0 Å². The molecule has 10 heteroatoms. The normalized spacial score (nSPS) is 10.8. The summed E-state index contributed by atoms with van der Waals surface area (Å²) in [4.78, 5) is 16.3. The fourth-order valence-corrected chi connectivity index (χ4v) is 1.91. The van der Waals surface area contributed by atoms with Gasteiger partial charge in [0.2, 0.25) is 17.2 Å². The fraction of sp³-hybridized carbons (Fsp3) is 0.273. The largest absolute Gasteiger partial charge is 0.347 e. The minimum absolute atomic E-state index is 0.105. The maximum absolute atomic E-state index is 5.92. The Morgan fingerprint density at radius 2 is 2.14 bits per heavy atom. The Kier molecular flexibility index (Phi) is 3.73. The molecule has 0 spiro atoms. The lowest BCUT2D eigenvalue weighted by molar-refractivity contribution is 0.705. The lowest BCUT2D eigenvalue weighted by atomic mass is 10.5. The molecule has 0 unspecified atom stereocenters. The maximum atomic E-state index is 5.92. The monoisotopic (exact) mass is 305 g/mol. The van der Waals surface area contributed by atoms with Crippen LogP contribution < -0.4 is 5.32 Å². The van der Waals surface area contributed by atoms with Crippen molar-refractivity contribution in [2.24, 2.45) is 0 Å². The quantitative estimate of drug-likeness (QED) is 0.748. The first kappa shape index (κ1) is 13.4. The average molecular weight is 306 g/mol. The molecular formula is C11H12ClN9. The van der Waals surface area contributed by atoms with Gasteiger partial charge in [-0.3, -0.25) is 4.57 Å². The van der Waals surface area contributed by atoms with E-state index in [0.29, 0.717) is 18.4 Å². The zero-order valence-electron chi connectivity index (χ0n) is 11.2. The highest BCUT2D eigenvalue weighted by atomic mass is 35.5. The number of imidazole rings is 1. The minimum atomic E-state index is 0.105. The number of halogens is 1. The van der Waals surface area contributed by atoms with Crippen molar-refractivity contribution in [3.8, 4) is 5.95 Å². The van der Waals surface area contributed by atoms with Gasteiger partial charge in [0.1, 0.15) is 12.7 Å². The molecule has 0 aliphatic rings. The van der Waals surface area contributed by atoms with Gasteiger partial charge in [0, 0.05) is 18.9 Å². The van der Waals surface area contributed by atoms with E-state index in [1.54, 1.807) is 29.6 Å². The molecule has 0 saturated heterocycles. The first-order chi connectivity index (χ1) is 10.3. The first-order valence-electron chi connectivity index (χ1n) is 6.26. The van der Waals surface area contributed by atoms with Crippen LogP contribution in [0.3, 0.4) is 0 Å². The Hall–Kier alpha value is -2.55. The molecule has 3 heterocycles. The van der Waals surface area contributed by atoms with Crippen LogP contribution in [0.15, 0.2) is 25.0 Å². The van der Waals surface area contributed by atoms with Gasteiger partial charge < -0.3 is 9.88 Å². The number of hydrogen-bond acceptors (Lipinski definition) is 7. The van der Waals surface area contributed by atoms with Crippen molar-refractivity contribution in [3.05, 3.63) is 36.2 Å². The molecule has 0 amide bonds. The molecule has 3 rings (SSSR count). The van der Waals surface area contributed by atoms with Crippen LogP contribution >= 0.6 is 11.6 Å². The Balaban J connectivity index is 1.79. The Bertz CT molecular complexity index is 721. The van der Waals surface area contributed by atoms with Crippen molar-refractivity contribution < 1.29 is 0 Å². The second-order valence-electron chi connectivity index (χ2n) is 4.08. The Morgan fingerprint density at radius 3 is 2.90 bits per heavy atom. The van der Waals surface area contributed by atoms with Gasteiger partial charge in [-0.1, -0.05) is 0 Å². The number of rotatable bonds is 5. The van der Waals surface area contributed by atoms with E-state index in [1.165, 1.54) is 0 Å². The Labute approximate surface area is 125 Å². The van der Waals surface area contributed by atoms with E-state index in [0.717, 1.165) is 12.4 Å². The number of nitrogens with zero attached hydrogens (tertiary/aromatic N) is 8. The third-order valence-electron chi connectivity index (χ3n) is 2.77. The smallest absolute Gasteiger partial charge is 0.241 e. The van der Waals surface area contributed by atoms with Gasteiger partial charge in [0.05, 0.1) is 6.54 Å². The summed E-state index contributed by atoms with van der Waals surface area (Å²) >= 11 is 5.92.